The van der Waals surface area contributed by atoms with Crippen molar-refractivity contribution in [1.29, 1.82) is 0 Å². The molecule has 0 heterocycles. The molecule has 3 nitrogen and oxygen atoms in total. The van der Waals surface area contributed by atoms with E-state index in [1.54, 1.807) is 0 Å². The number of carbonyl (C=O) groups is 1. The number of rotatable bonds is 2. The van der Waals surface area contributed by atoms with Crippen molar-refractivity contribution in [1.82, 2.24) is 0 Å². The second-order valence-electron chi connectivity index (χ2n) is 1.13. The number of hydrogen-bond acceptors (Lipinski definition) is 3. The summed E-state index contributed by atoms with van der Waals surface area (Å²) in [6, 6.07) is -0.816. The molecule has 0 spiro atoms. The fourth-order valence-corrected chi connectivity index (χ4v) is 0.234. The van der Waals surface area contributed by atoms with Crippen LogP contribution in [0.4, 0.5) is 0 Å². The van der Waals surface area contributed by atoms with E-state index in [9.17, 15) is 4.79 Å². The minimum Gasteiger partial charge on any atom is 0 e. The summed E-state index contributed by atoms with van der Waals surface area (Å²) in [5.74, 6) is -0.815. The van der Waals surface area contributed by atoms with E-state index >= 15 is 0 Å². The van der Waals surface area contributed by atoms with E-state index in [0.29, 0.717) is 0 Å². The van der Waals surface area contributed by atoms with Crippen molar-refractivity contribution in [3.8, 4) is 0 Å². The Labute approximate surface area is 94.2 Å². The molecule has 1 unspecified atom stereocenters. The molecule has 9 heavy (non-hydrogen) atoms. The second-order valence-corrected chi connectivity index (χ2v) is 1.49. The molecule has 46 valence electrons. The molecule has 0 saturated heterocycles. The molecule has 1 atom stereocenters. The van der Waals surface area contributed by atoms with Crippen LogP contribution in [0.2, 0.25) is 0 Å². The van der Waals surface area contributed by atoms with Crippen molar-refractivity contribution in [2.45, 2.75) is 6.04 Å². The van der Waals surface area contributed by atoms with Gasteiger partial charge in [-0.25, -0.2) is 0 Å². The SMILES string of the molecule is NC(CS)C(=O)O.[NaH].[Zn]. The molecule has 0 rings (SSSR count). The summed E-state index contributed by atoms with van der Waals surface area (Å²) < 4.78 is 0. The van der Waals surface area contributed by atoms with Crippen LogP contribution in [-0.4, -0.2) is 52.4 Å². The number of aliphatic carboxylic acids is 1. The summed E-state index contributed by atoms with van der Waals surface area (Å²) in [5, 5.41) is 8.01. The Morgan fingerprint density at radius 3 is 2.11 bits per heavy atom. The number of carboxylic acids is 1. The fourth-order valence-electron chi connectivity index (χ4n) is 0.0781. The van der Waals surface area contributed by atoms with Gasteiger partial charge in [-0.3, -0.25) is 4.79 Å². The van der Waals surface area contributed by atoms with Gasteiger partial charge in [0.25, 0.3) is 0 Å². The molecule has 0 aliphatic rings. The predicted molar refractivity (Wildman–Crippen MR) is 36.6 cm³/mol. The van der Waals surface area contributed by atoms with Crippen molar-refractivity contribution >= 4 is 48.2 Å². The van der Waals surface area contributed by atoms with E-state index < -0.39 is 12.0 Å². The fraction of sp³-hybridized carbons (Fsp3) is 0.667. The number of hydrogen-bond donors (Lipinski definition) is 3. The number of nitrogens with two attached hydrogens (primary N) is 1. The Bertz CT molecular complexity index is 84.2. The standard InChI is InChI=1S/C3H7NO2S.Na.Zn.H/c4-2(1-7)3(5)6;;;/h2,7H,1,4H2,(H,5,6);;;. The Morgan fingerprint density at radius 1 is 1.78 bits per heavy atom. The third-order valence-corrected chi connectivity index (χ3v) is 0.907. The van der Waals surface area contributed by atoms with Crippen LogP contribution in [0.5, 0.6) is 0 Å². The molecule has 0 saturated carbocycles. The first-order valence-corrected chi connectivity index (χ1v) is 2.41. The van der Waals surface area contributed by atoms with Crippen LogP contribution in [0.25, 0.3) is 0 Å². The Balaban J connectivity index is -0.000000180. The van der Waals surface area contributed by atoms with E-state index in [4.69, 9.17) is 10.8 Å². The van der Waals surface area contributed by atoms with E-state index in [1.165, 1.54) is 0 Å². The Hall–Kier alpha value is 1.40. The normalized spacial score (nSPS) is 10.4. The van der Waals surface area contributed by atoms with E-state index in [2.05, 4.69) is 12.6 Å². The molecular formula is C3H8NNaO2SZn. The van der Waals surface area contributed by atoms with E-state index in [-0.39, 0.29) is 54.8 Å². The van der Waals surface area contributed by atoms with Crippen LogP contribution in [0.15, 0.2) is 0 Å². The van der Waals surface area contributed by atoms with E-state index in [1.807, 2.05) is 0 Å². The van der Waals surface area contributed by atoms with Gasteiger partial charge in [-0.15, -0.1) is 0 Å². The van der Waals surface area contributed by atoms with Crippen LogP contribution >= 0.6 is 12.6 Å². The third kappa shape index (κ3) is 9.40. The summed E-state index contributed by atoms with van der Waals surface area (Å²) in [5.41, 5.74) is 4.94. The van der Waals surface area contributed by atoms with E-state index in [0.717, 1.165) is 0 Å². The molecule has 3 N–H and O–H groups in total. The zero-order valence-corrected chi connectivity index (χ0v) is 8.23. The van der Waals surface area contributed by atoms with Gasteiger partial charge in [0.15, 0.2) is 0 Å². The van der Waals surface area contributed by atoms with Gasteiger partial charge < -0.3 is 10.8 Å². The van der Waals surface area contributed by atoms with Crippen molar-refractivity contribution in [2.75, 3.05) is 5.75 Å². The van der Waals surface area contributed by atoms with Crippen molar-refractivity contribution in [3.63, 3.8) is 0 Å². The summed E-state index contributed by atoms with van der Waals surface area (Å²) in [6.07, 6.45) is 0. The topological polar surface area (TPSA) is 63.3 Å². The first-order chi connectivity index (χ1) is 3.18. The molecule has 0 aromatic heterocycles. The molecule has 0 radical (unpaired) electrons. The van der Waals surface area contributed by atoms with Gasteiger partial charge >= 0.3 is 35.5 Å². The Kier molecular flexibility index (Phi) is 17.5. The summed E-state index contributed by atoms with van der Waals surface area (Å²) >= 11 is 3.65. The van der Waals surface area contributed by atoms with Crippen LogP contribution < -0.4 is 5.73 Å². The molecule has 0 fully saturated rings. The quantitative estimate of drug-likeness (QED) is 0.391. The van der Waals surface area contributed by atoms with Crippen molar-refractivity contribution < 1.29 is 29.4 Å². The average molecular weight is 211 g/mol. The summed E-state index contributed by atoms with van der Waals surface area (Å²) in [6.45, 7) is 0. The molecule has 0 aromatic rings. The first kappa shape index (κ1) is 16.8. The van der Waals surface area contributed by atoms with Crippen LogP contribution in [-0.2, 0) is 24.3 Å². The van der Waals surface area contributed by atoms with Crippen LogP contribution in [0.1, 0.15) is 0 Å². The molecule has 0 aromatic carbocycles. The molecule has 0 aliphatic carbocycles. The van der Waals surface area contributed by atoms with Gasteiger partial charge in [-0.2, -0.15) is 12.6 Å². The Morgan fingerprint density at radius 2 is 2.11 bits per heavy atom. The second kappa shape index (κ2) is 9.40. The van der Waals surface area contributed by atoms with Crippen LogP contribution in [0.3, 0.4) is 0 Å². The van der Waals surface area contributed by atoms with Gasteiger partial charge in [-0.1, -0.05) is 0 Å². The van der Waals surface area contributed by atoms with Gasteiger partial charge in [0, 0.05) is 25.2 Å². The van der Waals surface area contributed by atoms with Gasteiger partial charge in [-0.05, 0) is 0 Å². The maximum absolute atomic E-state index is 9.76. The molecule has 0 bridgehead atoms. The zero-order valence-electron chi connectivity index (χ0n) is 4.37. The van der Waals surface area contributed by atoms with Crippen molar-refractivity contribution in [2.24, 2.45) is 5.73 Å². The summed E-state index contributed by atoms with van der Waals surface area (Å²) in [4.78, 5) is 9.76. The molecule has 0 aliphatic heterocycles. The van der Waals surface area contributed by atoms with Gasteiger partial charge in [0.05, 0.1) is 0 Å². The van der Waals surface area contributed by atoms with Crippen molar-refractivity contribution in [3.05, 3.63) is 0 Å². The minimum absolute atomic E-state index is 0. The van der Waals surface area contributed by atoms with Gasteiger partial charge in [0.2, 0.25) is 0 Å². The molecule has 0 amide bonds. The first-order valence-electron chi connectivity index (χ1n) is 1.77. The third-order valence-electron chi connectivity index (χ3n) is 0.514. The average Bonchev–Trinajstić information content (AvgIpc) is 1.65. The van der Waals surface area contributed by atoms with Crippen LogP contribution in [0, 0.1) is 0 Å². The maximum Gasteiger partial charge on any atom is 0 e. The largest absolute Gasteiger partial charge is 0 e. The summed E-state index contributed by atoms with van der Waals surface area (Å²) in [7, 11) is 0. The maximum atomic E-state index is 9.76. The smallest absolute Gasteiger partial charge is 0 e. The predicted octanol–water partition coefficient (Wildman–Crippen LogP) is -1.32. The number of thiol groups is 1. The number of carboxylic acid groups (broad SMARTS) is 1. The van der Waals surface area contributed by atoms with Gasteiger partial charge in [0.1, 0.15) is 6.04 Å². The zero-order chi connectivity index (χ0) is 5.86. The minimum atomic E-state index is -1.00. The molecule has 6 heteroatoms. The molecular weight excluding hydrogens is 202 g/mol. The monoisotopic (exact) mass is 209 g/mol.